The topological polar surface area (TPSA) is 9.23 Å². The van der Waals surface area contributed by atoms with Crippen molar-refractivity contribution in [2.75, 3.05) is 0 Å². The minimum Gasteiger partial charge on any atom is -0.407 e. The van der Waals surface area contributed by atoms with E-state index in [1.165, 1.54) is 0 Å². The van der Waals surface area contributed by atoms with Crippen molar-refractivity contribution in [1.82, 2.24) is 0 Å². The van der Waals surface area contributed by atoms with E-state index < -0.39 is 8.32 Å². The molecule has 0 aliphatic carbocycles. The van der Waals surface area contributed by atoms with E-state index in [2.05, 4.69) is 19.6 Å². The molecule has 2 aromatic rings. The van der Waals surface area contributed by atoms with E-state index in [9.17, 15) is 0 Å². The second kappa shape index (κ2) is 6.31. The normalized spacial score (nSPS) is 11.9. The maximum atomic E-state index is 6.34. The highest BCUT2D eigenvalue weighted by atomic mass is 35.5. The minimum atomic E-state index is -1.68. The quantitative estimate of drug-likeness (QED) is 0.633. The van der Waals surface area contributed by atoms with Crippen LogP contribution < -0.4 is 0 Å². The first kappa shape index (κ1) is 15.6. The van der Waals surface area contributed by atoms with E-state index in [4.69, 9.17) is 27.6 Å². The summed E-state index contributed by atoms with van der Waals surface area (Å²) in [4.78, 5) is 0. The maximum Gasteiger partial charge on any atom is 0.185 e. The first-order valence-electron chi connectivity index (χ1n) is 6.54. The zero-order valence-electron chi connectivity index (χ0n) is 11.9. The van der Waals surface area contributed by atoms with Crippen LogP contribution in [0.3, 0.4) is 0 Å². The molecule has 0 heterocycles. The molecule has 0 saturated carbocycles. The van der Waals surface area contributed by atoms with E-state index >= 15 is 0 Å². The van der Waals surface area contributed by atoms with Crippen LogP contribution in [0.2, 0.25) is 29.7 Å². The number of hydrogen-bond donors (Lipinski definition) is 0. The fourth-order valence-corrected chi connectivity index (χ4v) is 3.19. The zero-order chi connectivity index (χ0) is 14.8. The molecule has 2 rings (SSSR count). The predicted molar refractivity (Wildman–Crippen MR) is 89.2 cm³/mol. The van der Waals surface area contributed by atoms with Crippen molar-refractivity contribution < 1.29 is 4.43 Å². The van der Waals surface area contributed by atoms with Gasteiger partial charge in [-0.1, -0.05) is 47.5 Å². The summed E-state index contributed by atoms with van der Waals surface area (Å²) in [6.45, 7) is 6.56. The first-order chi connectivity index (χ1) is 9.35. The molecule has 0 atom stereocenters. The average Bonchev–Trinajstić information content (AvgIpc) is 2.37. The van der Waals surface area contributed by atoms with Gasteiger partial charge in [0.15, 0.2) is 8.32 Å². The lowest BCUT2D eigenvalue weighted by Gasteiger charge is -2.27. The van der Waals surface area contributed by atoms with Gasteiger partial charge in [-0.25, -0.2) is 0 Å². The Morgan fingerprint density at radius 1 is 0.750 bits per heavy atom. The van der Waals surface area contributed by atoms with Crippen molar-refractivity contribution in [2.24, 2.45) is 0 Å². The van der Waals surface area contributed by atoms with Crippen LogP contribution in [0.4, 0.5) is 0 Å². The van der Waals surface area contributed by atoms with Gasteiger partial charge < -0.3 is 4.43 Å². The van der Waals surface area contributed by atoms with Gasteiger partial charge in [-0.2, -0.15) is 0 Å². The molecule has 106 valence electrons. The van der Waals surface area contributed by atoms with E-state index in [0.717, 1.165) is 21.2 Å². The standard InChI is InChI=1S/C16H18Cl2OSi/c1-20(2,3)19-16(12-4-8-14(17)9-5-12)13-6-10-15(18)11-7-13/h4-11,16H,1-3H3. The molecular weight excluding hydrogens is 307 g/mol. The predicted octanol–water partition coefficient (Wildman–Crippen LogP) is 5.93. The van der Waals surface area contributed by atoms with E-state index in [0.29, 0.717) is 0 Å². The molecule has 2 aromatic carbocycles. The van der Waals surface area contributed by atoms with Gasteiger partial charge in [0.25, 0.3) is 0 Å². The second-order valence-electron chi connectivity index (χ2n) is 5.71. The van der Waals surface area contributed by atoms with Crippen molar-refractivity contribution in [3.8, 4) is 0 Å². The molecule has 0 aliphatic rings. The van der Waals surface area contributed by atoms with Crippen LogP contribution in [-0.4, -0.2) is 8.32 Å². The van der Waals surface area contributed by atoms with Crippen LogP contribution in [0, 0.1) is 0 Å². The summed E-state index contributed by atoms with van der Waals surface area (Å²) in [7, 11) is -1.68. The summed E-state index contributed by atoms with van der Waals surface area (Å²) in [5.41, 5.74) is 2.22. The Bertz CT molecular complexity index is 513. The molecule has 0 unspecified atom stereocenters. The molecule has 1 nitrogen and oxygen atoms in total. The minimum absolute atomic E-state index is 0.0730. The summed E-state index contributed by atoms with van der Waals surface area (Å²) in [5, 5.41) is 1.47. The Kier molecular flexibility index (Phi) is 4.92. The highest BCUT2D eigenvalue weighted by molar-refractivity contribution is 6.69. The van der Waals surface area contributed by atoms with E-state index in [1.807, 2.05) is 48.5 Å². The van der Waals surface area contributed by atoms with Gasteiger partial charge in [-0.15, -0.1) is 0 Å². The molecule has 0 aromatic heterocycles. The lowest BCUT2D eigenvalue weighted by Crippen LogP contribution is -2.28. The van der Waals surface area contributed by atoms with Gasteiger partial charge in [-0.3, -0.25) is 0 Å². The average molecular weight is 325 g/mol. The highest BCUT2D eigenvalue weighted by Crippen LogP contribution is 2.30. The monoisotopic (exact) mass is 324 g/mol. The van der Waals surface area contributed by atoms with Crippen LogP contribution in [0.25, 0.3) is 0 Å². The first-order valence-corrected chi connectivity index (χ1v) is 10.7. The summed E-state index contributed by atoms with van der Waals surface area (Å²) < 4.78 is 6.34. The fraction of sp³-hybridized carbons (Fsp3) is 0.250. The van der Waals surface area contributed by atoms with Gasteiger partial charge in [0.05, 0.1) is 6.10 Å². The fourth-order valence-electron chi connectivity index (χ4n) is 1.96. The maximum absolute atomic E-state index is 6.34. The summed E-state index contributed by atoms with van der Waals surface area (Å²) >= 11 is 11.9. The molecule has 0 saturated heterocycles. The number of rotatable bonds is 4. The lowest BCUT2D eigenvalue weighted by molar-refractivity contribution is 0.240. The van der Waals surface area contributed by atoms with Crippen LogP contribution >= 0.6 is 23.2 Å². The third-order valence-electron chi connectivity index (χ3n) is 2.82. The molecule has 0 aliphatic heterocycles. The zero-order valence-corrected chi connectivity index (χ0v) is 14.4. The van der Waals surface area contributed by atoms with Gasteiger partial charge in [-0.05, 0) is 55.0 Å². The van der Waals surface area contributed by atoms with Gasteiger partial charge in [0.1, 0.15) is 0 Å². The molecule has 0 N–H and O–H groups in total. The SMILES string of the molecule is C[Si](C)(C)OC(c1ccc(Cl)cc1)c1ccc(Cl)cc1. The van der Waals surface area contributed by atoms with Crippen LogP contribution in [-0.2, 0) is 4.43 Å². The smallest absolute Gasteiger partial charge is 0.185 e. The van der Waals surface area contributed by atoms with Crippen molar-refractivity contribution in [2.45, 2.75) is 25.7 Å². The Morgan fingerprint density at radius 2 is 1.10 bits per heavy atom. The molecule has 0 radical (unpaired) electrons. The lowest BCUT2D eigenvalue weighted by atomic mass is 10.0. The Morgan fingerprint density at radius 3 is 1.40 bits per heavy atom. The van der Waals surface area contributed by atoms with Crippen LogP contribution in [0.15, 0.2) is 48.5 Å². The van der Waals surface area contributed by atoms with Crippen molar-refractivity contribution in [3.05, 3.63) is 69.7 Å². The third kappa shape index (κ3) is 4.35. The van der Waals surface area contributed by atoms with Gasteiger partial charge in [0, 0.05) is 10.0 Å². The van der Waals surface area contributed by atoms with Crippen molar-refractivity contribution >= 4 is 31.5 Å². The molecular formula is C16H18Cl2OSi. The molecule has 0 fully saturated rings. The van der Waals surface area contributed by atoms with E-state index in [1.54, 1.807) is 0 Å². The Hall–Kier alpha value is -0.803. The summed E-state index contributed by atoms with van der Waals surface area (Å²) in [6, 6.07) is 15.6. The van der Waals surface area contributed by atoms with Crippen molar-refractivity contribution in [3.63, 3.8) is 0 Å². The largest absolute Gasteiger partial charge is 0.407 e. The molecule has 0 amide bonds. The third-order valence-corrected chi connectivity index (χ3v) is 4.26. The Balaban J connectivity index is 2.38. The van der Waals surface area contributed by atoms with Gasteiger partial charge in [0.2, 0.25) is 0 Å². The number of benzene rings is 2. The number of halogens is 2. The highest BCUT2D eigenvalue weighted by Gasteiger charge is 2.23. The molecule has 0 bridgehead atoms. The molecule has 20 heavy (non-hydrogen) atoms. The van der Waals surface area contributed by atoms with Crippen LogP contribution in [0.5, 0.6) is 0 Å². The number of hydrogen-bond acceptors (Lipinski definition) is 1. The Labute approximate surface area is 131 Å². The molecule has 0 spiro atoms. The van der Waals surface area contributed by atoms with E-state index in [-0.39, 0.29) is 6.10 Å². The second-order valence-corrected chi connectivity index (χ2v) is 11.0. The summed E-state index contributed by atoms with van der Waals surface area (Å²) in [5.74, 6) is 0. The van der Waals surface area contributed by atoms with Crippen molar-refractivity contribution in [1.29, 1.82) is 0 Å². The van der Waals surface area contributed by atoms with Crippen LogP contribution in [0.1, 0.15) is 17.2 Å². The molecule has 4 heteroatoms. The van der Waals surface area contributed by atoms with Gasteiger partial charge >= 0.3 is 0 Å². The summed E-state index contributed by atoms with van der Waals surface area (Å²) in [6.07, 6.45) is -0.0730.